The van der Waals surface area contributed by atoms with E-state index in [4.69, 9.17) is 24.3 Å². The molecule has 19 nitrogen and oxygen atoms in total. The lowest BCUT2D eigenvalue weighted by molar-refractivity contribution is 0.0774. The third-order valence-electron chi connectivity index (χ3n) is 13.3. The van der Waals surface area contributed by atoms with Gasteiger partial charge in [-0.25, -0.2) is 55.0 Å². The number of benzene rings is 2. The molecule has 0 bridgehead atoms. The Hall–Kier alpha value is -4.93. The molecular formula is C52H72F2N8O11S4Si. The zero-order chi connectivity index (χ0) is 59.1. The average molecular weight is 1180 g/mol. The lowest BCUT2D eigenvalue weighted by atomic mass is 9.85. The summed E-state index contributed by atoms with van der Waals surface area (Å²) in [6, 6.07) is 5.65. The summed E-state index contributed by atoms with van der Waals surface area (Å²) in [6.45, 7) is 27.0. The molecule has 2 fully saturated rings. The summed E-state index contributed by atoms with van der Waals surface area (Å²) in [5, 5.41) is 46.9. The maximum Gasteiger partial charge on any atom is 0.333 e. The summed E-state index contributed by atoms with van der Waals surface area (Å²) >= 11 is 1.65. The summed E-state index contributed by atoms with van der Waals surface area (Å²) in [5.41, 5.74) is -0.0577. The number of sulfonamides is 2. The molecule has 0 saturated carbocycles. The molecule has 428 valence electrons. The number of nitriles is 2. The number of ether oxygens (including phenoxy) is 2. The van der Waals surface area contributed by atoms with Crippen molar-refractivity contribution < 1.29 is 59.3 Å². The van der Waals surface area contributed by atoms with Crippen molar-refractivity contribution in [3.05, 3.63) is 78.6 Å². The maximum atomic E-state index is 15.4. The van der Waals surface area contributed by atoms with Crippen molar-refractivity contribution in [1.82, 2.24) is 14.7 Å². The van der Waals surface area contributed by atoms with Crippen LogP contribution in [0.4, 0.5) is 25.0 Å². The molecule has 2 aromatic carbocycles. The van der Waals surface area contributed by atoms with Crippen molar-refractivity contribution in [2.24, 2.45) is 10.1 Å². The molecule has 0 atom stereocenters. The van der Waals surface area contributed by atoms with Gasteiger partial charge in [-0.15, -0.1) is 22.7 Å². The zero-order valence-electron chi connectivity index (χ0n) is 46.6. The smallest absolute Gasteiger partial charge is 0.333 e. The number of thiazole rings is 2. The molecule has 0 spiro atoms. The van der Waals surface area contributed by atoms with E-state index in [2.05, 4.69) is 45.8 Å². The molecule has 4 aromatic rings. The van der Waals surface area contributed by atoms with E-state index in [1.54, 1.807) is 20.8 Å². The first-order valence-electron chi connectivity index (χ1n) is 25.1. The van der Waals surface area contributed by atoms with E-state index in [0.717, 1.165) is 41.1 Å². The minimum atomic E-state index is -4.49. The first-order valence-corrected chi connectivity index (χ1v) is 32.7. The molecule has 26 heteroatoms. The number of isocyanates is 1. The number of hydrogen-bond donors (Lipinski definition) is 5. The molecule has 0 unspecified atom stereocenters. The fraction of sp³-hybridized carbons (Fsp3) is 0.577. The number of nitrogens with two attached hydrogens (primary N) is 1. The molecular weight excluding hydrogens is 1110 g/mol. The minimum Gasteiger partial charge on any atom is -0.411 e. The van der Waals surface area contributed by atoms with E-state index < -0.39 is 63.1 Å². The van der Waals surface area contributed by atoms with Crippen LogP contribution in [0.3, 0.4) is 0 Å². The third-order valence-corrected chi connectivity index (χ3v) is 24.1. The summed E-state index contributed by atoms with van der Waals surface area (Å²) in [7, 11) is -10.5. The number of nitrogens with one attached hydrogen (secondary N) is 2. The van der Waals surface area contributed by atoms with Crippen molar-refractivity contribution in [2.75, 3.05) is 31.7 Å². The van der Waals surface area contributed by atoms with Crippen LogP contribution < -0.4 is 15.2 Å². The summed E-state index contributed by atoms with van der Waals surface area (Å²) < 4.78 is 98.1. The number of amides is 2. The number of carbonyl (C=O) groups is 1. The number of halogens is 2. The van der Waals surface area contributed by atoms with Gasteiger partial charge in [0.05, 0.1) is 40.5 Å². The monoisotopic (exact) mass is 1180 g/mol. The van der Waals surface area contributed by atoms with Crippen molar-refractivity contribution in [1.29, 1.82) is 10.5 Å². The molecule has 0 aliphatic carbocycles. The second-order valence-electron chi connectivity index (χ2n) is 22.1. The van der Waals surface area contributed by atoms with Gasteiger partial charge in [0.1, 0.15) is 45.0 Å². The highest BCUT2D eigenvalue weighted by atomic mass is 32.3. The van der Waals surface area contributed by atoms with E-state index in [-0.39, 0.29) is 70.9 Å². The Morgan fingerprint density at radius 1 is 0.833 bits per heavy atom. The lowest BCUT2D eigenvalue weighted by Crippen LogP contribution is -2.40. The van der Waals surface area contributed by atoms with Crippen LogP contribution in [0.15, 0.2) is 25.5 Å². The van der Waals surface area contributed by atoms with Crippen molar-refractivity contribution >= 4 is 74.5 Å². The predicted molar refractivity (Wildman–Crippen MR) is 296 cm³/mol. The van der Waals surface area contributed by atoms with Crippen molar-refractivity contribution in [3.8, 4) is 12.1 Å². The second-order valence-corrected chi connectivity index (χ2v) is 32.6. The number of primary sulfonamides is 1. The Bertz CT molecular complexity index is 3190. The highest BCUT2D eigenvalue weighted by Crippen LogP contribution is 2.43. The normalized spacial score (nSPS) is 15.1. The quantitative estimate of drug-likeness (QED) is 0.0445. The topological polar surface area (TPSA) is 306 Å². The van der Waals surface area contributed by atoms with Gasteiger partial charge in [-0.3, -0.25) is 0 Å². The zero-order valence-corrected chi connectivity index (χ0v) is 50.9. The summed E-state index contributed by atoms with van der Waals surface area (Å²) in [5.74, 6) is -1.94. The number of nitrogens with zero attached hydrogens (tertiary/aromatic N) is 5. The van der Waals surface area contributed by atoms with Crippen LogP contribution in [0.25, 0.3) is 0 Å². The second kappa shape index (κ2) is 26.1. The first-order chi connectivity index (χ1) is 35.9. The number of hydrogen-bond acceptors (Lipinski definition) is 18. The van der Waals surface area contributed by atoms with Gasteiger partial charge in [-0.1, -0.05) is 48.5 Å². The highest BCUT2D eigenvalue weighted by molar-refractivity contribution is 7.92. The number of aliphatic imine (C=N–C) groups is 1. The number of aliphatic hydroxyl groups is 2. The summed E-state index contributed by atoms with van der Waals surface area (Å²) in [4.78, 5) is 36.2. The van der Waals surface area contributed by atoms with E-state index in [1.807, 2.05) is 39.1 Å². The standard InChI is InChI=1S/C29H43FN4O6S2Si.C16H17FN2O2.C7H12N2O3S2/c1-17(2)22-23(30)19(15-31)14-20(18-10-12-39-13-11-18)24(22)33-27(35)34-42(37,38)25-21(32-26(41-25)29(6,7)36)16-40-43(8,9)28(3,4)5;1-10(2)14-15(17)12(8-18)7-13(16(14)19-9-20)11-3-5-21-6-4-11;1-4-5(14(8,11)12)13-6(9-4)7(2,3)10/h14,17-18,36H,10-13,16H2,1-9H3,(H2,33,34,35);7,10-11H,3-6H2,1-2H3;10H,1-3H3,(H2,8,11,12). The molecule has 0 radical (unpaired) electrons. The largest absolute Gasteiger partial charge is 0.411 e. The molecule has 2 aliphatic rings. The van der Waals surface area contributed by atoms with Crippen molar-refractivity contribution in [3.63, 3.8) is 0 Å². The Kier molecular flexibility index (Phi) is 22.0. The van der Waals surface area contributed by atoms with Gasteiger partial charge >= 0.3 is 6.03 Å². The minimum absolute atomic E-state index is 0.00467. The predicted octanol–water partition coefficient (Wildman–Crippen LogP) is 10.4. The molecule has 78 heavy (non-hydrogen) atoms. The van der Waals surface area contributed by atoms with Crippen molar-refractivity contribution in [2.45, 2.75) is 177 Å². The van der Waals surface area contributed by atoms with Gasteiger partial charge in [-0.05, 0) is 125 Å². The maximum absolute atomic E-state index is 15.4. The van der Waals surface area contributed by atoms with Crippen LogP contribution in [0.5, 0.6) is 0 Å². The number of carbonyl (C=O) groups excluding carboxylic acids is 2. The van der Waals surface area contributed by atoms with Gasteiger partial charge in [0.2, 0.25) is 16.1 Å². The molecule has 4 heterocycles. The number of aromatic nitrogens is 2. The molecule has 6 rings (SSSR count). The van der Waals surface area contributed by atoms with E-state index in [9.17, 15) is 46.3 Å². The molecule has 2 amide bonds. The van der Waals surface area contributed by atoms with E-state index >= 15 is 4.39 Å². The molecule has 2 aliphatic heterocycles. The van der Waals surface area contributed by atoms with Crippen LogP contribution in [-0.2, 0) is 56.5 Å². The van der Waals surface area contributed by atoms with Gasteiger partial charge < -0.3 is 29.4 Å². The SMILES string of the molecule is CC(C)c1c(F)c(C#N)cc(C2CCOCC2)c1N=C=O.CC(C)c1c(F)c(C#N)cc(C2CCOCC2)c1NC(=O)NS(=O)(=O)c1sc(C(C)(C)O)nc1CO[Si](C)(C)C(C)(C)C.Cc1nc(C(C)(C)O)sc1S(N)(=O)=O. The Morgan fingerprint density at radius 3 is 1.69 bits per heavy atom. The fourth-order valence-corrected chi connectivity index (χ4v) is 13.5. The highest BCUT2D eigenvalue weighted by Gasteiger charge is 2.39. The molecule has 6 N–H and O–H groups in total. The van der Waals surface area contributed by atoms with Crippen LogP contribution in [0, 0.1) is 41.2 Å². The van der Waals surface area contributed by atoms with Gasteiger partial charge in [0, 0.05) is 37.6 Å². The molecule has 2 aromatic heterocycles. The summed E-state index contributed by atoms with van der Waals surface area (Å²) in [6.07, 6.45) is 4.26. The van der Waals surface area contributed by atoms with Gasteiger partial charge in [0.25, 0.3) is 10.0 Å². The van der Waals surface area contributed by atoms with Crippen LogP contribution in [0.1, 0.15) is 180 Å². The first kappa shape index (κ1) is 65.6. The Morgan fingerprint density at radius 2 is 1.28 bits per heavy atom. The number of aryl methyl sites for hydroxylation is 1. The number of rotatable bonds is 14. The van der Waals surface area contributed by atoms with Crippen LogP contribution in [0.2, 0.25) is 18.1 Å². The Labute approximate surface area is 465 Å². The number of urea groups is 1. The number of anilines is 1. The van der Waals surface area contributed by atoms with Crippen LogP contribution in [-0.4, -0.2) is 83.9 Å². The van der Waals surface area contributed by atoms with E-state index in [0.29, 0.717) is 66.8 Å². The third kappa shape index (κ3) is 16.4. The Balaban J connectivity index is 0.000000306. The van der Waals surface area contributed by atoms with Crippen LogP contribution >= 0.6 is 22.7 Å². The van der Waals surface area contributed by atoms with E-state index in [1.165, 1.54) is 45.9 Å². The van der Waals surface area contributed by atoms with Gasteiger partial charge in [-0.2, -0.15) is 15.5 Å². The van der Waals surface area contributed by atoms with Gasteiger partial charge in [0.15, 0.2) is 16.7 Å². The average Bonchev–Trinajstić information content (AvgIpc) is 3.98. The fourth-order valence-electron chi connectivity index (χ4n) is 8.17. The molecule has 2 saturated heterocycles. The lowest BCUT2D eigenvalue weighted by Gasteiger charge is -2.36.